The maximum atomic E-state index is 6.27. The Balaban J connectivity index is 1.40. The number of ether oxygens (including phenoxy) is 1. The van der Waals surface area contributed by atoms with Gasteiger partial charge >= 0.3 is 0 Å². The number of nitrogens with zero attached hydrogens (tertiary/aromatic N) is 4. The Morgan fingerprint density at radius 1 is 1.00 bits per heavy atom. The molecule has 1 fully saturated rings. The van der Waals surface area contributed by atoms with E-state index in [1.165, 1.54) is 17.2 Å². The highest BCUT2D eigenvalue weighted by molar-refractivity contribution is 5.88. The van der Waals surface area contributed by atoms with Crippen LogP contribution in [0.1, 0.15) is 12.8 Å². The summed E-state index contributed by atoms with van der Waals surface area (Å²) in [4.78, 5) is 11.0. The predicted molar refractivity (Wildman–Crippen MR) is 103 cm³/mol. The fraction of sp³-hybridized carbons (Fsp3) is 0.238. The van der Waals surface area contributed by atoms with Crippen LogP contribution in [0.25, 0.3) is 16.6 Å². The number of rotatable bonds is 4. The monoisotopic (exact) mass is 344 g/mol. The molecule has 26 heavy (non-hydrogen) atoms. The number of anilines is 1. The maximum Gasteiger partial charge on any atom is 0.235 e. The van der Waals surface area contributed by atoms with Crippen molar-refractivity contribution in [3.05, 3.63) is 67.1 Å². The SMILES string of the molecule is c1ccc2c(OCC3CCCN3c3ccnc4nccn34)cccc2c1. The Labute approximate surface area is 151 Å². The van der Waals surface area contributed by atoms with E-state index in [1.54, 1.807) is 6.20 Å². The molecule has 3 heterocycles. The highest BCUT2D eigenvalue weighted by Crippen LogP contribution is 2.29. The first kappa shape index (κ1) is 15.2. The fourth-order valence-corrected chi connectivity index (χ4v) is 3.87. The number of fused-ring (bicyclic) bond motifs is 2. The van der Waals surface area contributed by atoms with Gasteiger partial charge in [0.05, 0.1) is 6.04 Å². The van der Waals surface area contributed by atoms with Crippen molar-refractivity contribution < 1.29 is 4.74 Å². The van der Waals surface area contributed by atoms with Crippen molar-refractivity contribution in [2.45, 2.75) is 18.9 Å². The van der Waals surface area contributed by atoms with Crippen molar-refractivity contribution >= 4 is 22.4 Å². The first-order chi connectivity index (χ1) is 12.9. The summed E-state index contributed by atoms with van der Waals surface area (Å²) in [5.41, 5.74) is 0. The van der Waals surface area contributed by atoms with Crippen LogP contribution < -0.4 is 9.64 Å². The summed E-state index contributed by atoms with van der Waals surface area (Å²) >= 11 is 0. The van der Waals surface area contributed by atoms with E-state index in [0.29, 0.717) is 12.6 Å². The molecule has 1 atom stereocenters. The van der Waals surface area contributed by atoms with Gasteiger partial charge in [0.25, 0.3) is 0 Å². The number of aromatic nitrogens is 3. The molecule has 2 aromatic heterocycles. The van der Waals surface area contributed by atoms with Gasteiger partial charge in [0.2, 0.25) is 5.78 Å². The van der Waals surface area contributed by atoms with Crippen LogP contribution in [0.2, 0.25) is 0 Å². The highest BCUT2D eigenvalue weighted by atomic mass is 16.5. The van der Waals surface area contributed by atoms with Crippen LogP contribution in [0.4, 0.5) is 5.82 Å². The number of hydrogen-bond acceptors (Lipinski definition) is 4. The zero-order valence-electron chi connectivity index (χ0n) is 14.5. The van der Waals surface area contributed by atoms with Crippen molar-refractivity contribution in [1.29, 1.82) is 0 Å². The van der Waals surface area contributed by atoms with E-state index in [0.717, 1.165) is 30.3 Å². The van der Waals surface area contributed by atoms with E-state index < -0.39 is 0 Å². The molecule has 4 aromatic rings. The molecule has 0 aliphatic carbocycles. The summed E-state index contributed by atoms with van der Waals surface area (Å²) in [6.07, 6.45) is 7.89. The average Bonchev–Trinajstić information content (AvgIpc) is 3.35. The quantitative estimate of drug-likeness (QED) is 0.562. The Kier molecular flexibility index (Phi) is 3.70. The Morgan fingerprint density at radius 3 is 2.88 bits per heavy atom. The third kappa shape index (κ3) is 2.56. The van der Waals surface area contributed by atoms with E-state index in [2.05, 4.69) is 67.8 Å². The van der Waals surface area contributed by atoms with E-state index in [9.17, 15) is 0 Å². The summed E-state index contributed by atoms with van der Waals surface area (Å²) in [5, 5.41) is 2.38. The molecule has 5 heteroatoms. The second kappa shape index (κ2) is 6.33. The Bertz CT molecular complexity index is 1050. The number of benzene rings is 2. The van der Waals surface area contributed by atoms with Crippen molar-refractivity contribution in [1.82, 2.24) is 14.4 Å². The molecule has 0 bridgehead atoms. The molecule has 0 amide bonds. The van der Waals surface area contributed by atoms with Crippen LogP contribution in [0.15, 0.2) is 67.1 Å². The minimum atomic E-state index is 0.349. The van der Waals surface area contributed by atoms with Crippen LogP contribution in [0.3, 0.4) is 0 Å². The molecule has 130 valence electrons. The van der Waals surface area contributed by atoms with Gasteiger partial charge in [-0.25, -0.2) is 9.97 Å². The minimum absolute atomic E-state index is 0.349. The third-order valence-electron chi connectivity index (χ3n) is 5.13. The van der Waals surface area contributed by atoms with Crippen LogP contribution in [-0.4, -0.2) is 33.6 Å². The second-order valence-electron chi connectivity index (χ2n) is 6.68. The van der Waals surface area contributed by atoms with E-state index in [1.807, 2.05) is 12.4 Å². The zero-order chi connectivity index (χ0) is 17.3. The molecule has 1 aliphatic rings. The molecule has 0 N–H and O–H groups in total. The summed E-state index contributed by atoms with van der Waals surface area (Å²) in [6.45, 7) is 1.70. The smallest absolute Gasteiger partial charge is 0.235 e. The molecule has 0 saturated carbocycles. The van der Waals surface area contributed by atoms with Gasteiger partial charge in [0.1, 0.15) is 18.2 Å². The molecule has 1 aliphatic heterocycles. The molecule has 0 radical (unpaired) electrons. The largest absolute Gasteiger partial charge is 0.491 e. The van der Waals surface area contributed by atoms with Crippen LogP contribution >= 0.6 is 0 Å². The lowest BCUT2D eigenvalue weighted by molar-refractivity contribution is 0.291. The molecule has 0 spiro atoms. The lowest BCUT2D eigenvalue weighted by Gasteiger charge is -2.27. The fourth-order valence-electron chi connectivity index (χ4n) is 3.87. The molecular weight excluding hydrogens is 324 g/mol. The van der Waals surface area contributed by atoms with Gasteiger partial charge in [-0.15, -0.1) is 0 Å². The molecule has 5 rings (SSSR count). The van der Waals surface area contributed by atoms with Gasteiger partial charge in [-0.2, -0.15) is 0 Å². The molecule has 5 nitrogen and oxygen atoms in total. The third-order valence-corrected chi connectivity index (χ3v) is 5.13. The number of imidazole rings is 1. The van der Waals surface area contributed by atoms with Crippen molar-refractivity contribution in [3.63, 3.8) is 0 Å². The van der Waals surface area contributed by atoms with Crippen LogP contribution in [0, 0.1) is 0 Å². The summed E-state index contributed by atoms with van der Waals surface area (Å²) < 4.78 is 8.32. The van der Waals surface area contributed by atoms with Crippen LogP contribution in [0.5, 0.6) is 5.75 Å². The Morgan fingerprint density at radius 2 is 1.88 bits per heavy atom. The van der Waals surface area contributed by atoms with Gasteiger partial charge in [0, 0.05) is 30.5 Å². The standard InChI is InChI=1S/C21H20N4O/c1-2-8-18-16(5-1)6-3-9-19(18)26-15-17-7-4-13-24(17)20-10-11-22-21-23-12-14-25(20)21/h1-3,5-6,8-12,14,17H,4,7,13,15H2. The first-order valence-corrected chi connectivity index (χ1v) is 9.05. The summed E-state index contributed by atoms with van der Waals surface area (Å²) in [5.74, 6) is 2.83. The molecule has 1 saturated heterocycles. The highest BCUT2D eigenvalue weighted by Gasteiger charge is 2.27. The number of hydrogen-bond donors (Lipinski definition) is 0. The predicted octanol–water partition coefficient (Wildman–Crippen LogP) is 3.93. The normalized spacial score (nSPS) is 17.2. The summed E-state index contributed by atoms with van der Waals surface area (Å²) in [7, 11) is 0. The topological polar surface area (TPSA) is 42.7 Å². The Hall–Kier alpha value is -3.08. The molecule has 2 aromatic carbocycles. The maximum absolute atomic E-state index is 6.27. The lowest BCUT2D eigenvalue weighted by Crippen LogP contribution is -2.35. The first-order valence-electron chi connectivity index (χ1n) is 9.05. The van der Waals surface area contributed by atoms with Crippen molar-refractivity contribution in [3.8, 4) is 5.75 Å². The van der Waals surface area contributed by atoms with Gasteiger partial charge in [-0.05, 0) is 30.4 Å². The minimum Gasteiger partial charge on any atom is -0.491 e. The van der Waals surface area contributed by atoms with Gasteiger partial charge < -0.3 is 9.64 Å². The van der Waals surface area contributed by atoms with Gasteiger partial charge in [-0.1, -0.05) is 36.4 Å². The zero-order valence-corrected chi connectivity index (χ0v) is 14.5. The summed E-state index contributed by atoms with van der Waals surface area (Å²) in [6, 6.07) is 17.0. The van der Waals surface area contributed by atoms with Gasteiger partial charge in [0.15, 0.2) is 0 Å². The van der Waals surface area contributed by atoms with Gasteiger partial charge in [-0.3, -0.25) is 4.40 Å². The van der Waals surface area contributed by atoms with Crippen molar-refractivity contribution in [2.24, 2.45) is 0 Å². The van der Waals surface area contributed by atoms with E-state index in [-0.39, 0.29) is 0 Å². The molecule has 1 unspecified atom stereocenters. The lowest BCUT2D eigenvalue weighted by atomic mass is 10.1. The average molecular weight is 344 g/mol. The van der Waals surface area contributed by atoms with Crippen molar-refractivity contribution in [2.75, 3.05) is 18.1 Å². The van der Waals surface area contributed by atoms with E-state index >= 15 is 0 Å². The second-order valence-corrected chi connectivity index (χ2v) is 6.68. The van der Waals surface area contributed by atoms with E-state index in [4.69, 9.17) is 4.74 Å². The molecular formula is C21H20N4O. The van der Waals surface area contributed by atoms with Crippen LogP contribution in [-0.2, 0) is 0 Å².